The van der Waals surface area contributed by atoms with Gasteiger partial charge in [0.1, 0.15) is 6.04 Å². The second-order valence-corrected chi connectivity index (χ2v) is 6.06. The van der Waals surface area contributed by atoms with Gasteiger partial charge in [0, 0.05) is 12.2 Å². The summed E-state index contributed by atoms with van der Waals surface area (Å²) in [6.07, 6.45) is 1.80. The molecule has 19 heavy (non-hydrogen) atoms. The lowest BCUT2D eigenvalue weighted by molar-refractivity contribution is -0.137. The van der Waals surface area contributed by atoms with Crippen LogP contribution in [0.1, 0.15) is 33.6 Å². The second-order valence-electron chi connectivity index (χ2n) is 6.06. The van der Waals surface area contributed by atoms with Crippen molar-refractivity contribution in [1.82, 2.24) is 15.5 Å². The minimum atomic E-state index is -0.525. The summed E-state index contributed by atoms with van der Waals surface area (Å²) < 4.78 is 0. The third-order valence-electron chi connectivity index (χ3n) is 3.25. The first kappa shape index (κ1) is 15.7. The zero-order valence-electron chi connectivity index (χ0n) is 12.4. The van der Waals surface area contributed by atoms with Gasteiger partial charge in [0.05, 0.1) is 6.54 Å². The largest absolute Gasteiger partial charge is 0.343 e. The quantitative estimate of drug-likeness (QED) is 0.794. The van der Waals surface area contributed by atoms with Gasteiger partial charge in [-0.25, -0.2) is 0 Å². The number of likely N-dealkylation sites (tertiary alicyclic amines) is 1. The standard InChI is InChI=1S/C14H25N3O2/c1-10-7-6-8-17(10)13(19)12(14(2,3)4)16-11(18)9-15-5/h12,15H,1,6-9H2,2-5H3,(H,16,18)/t12-/m1/s1. The number of nitrogens with one attached hydrogen (secondary N) is 2. The van der Waals surface area contributed by atoms with Gasteiger partial charge < -0.3 is 15.5 Å². The Morgan fingerprint density at radius 1 is 1.42 bits per heavy atom. The van der Waals surface area contributed by atoms with Crippen LogP contribution in [0.25, 0.3) is 0 Å². The van der Waals surface area contributed by atoms with E-state index < -0.39 is 6.04 Å². The highest BCUT2D eigenvalue weighted by atomic mass is 16.2. The normalized spacial score (nSPS) is 17.5. The molecule has 0 aromatic rings. The Balaban J connectivity index is 2.82. The fourth-order valence-electron chi connectivity index (χ4n) is 2.18. The lowest BCUT2D eigenvalue weighted by atomic mass is 9.85. The summed E-state index contributed by atoms with van der Waals surface area (Å²) in [5.74, 6) is -0.222. The van der Waals surface area contributed by atoms with Crippen molar-refractivity contribution < 1.29 is 9.59 Å². The minimum Gasteiger partial charge on any atom is -0.343 e. The molecule has 1 fully saturated rings. The summed E-state index contributed by atoms with van der Waals surface area (Å²) in [6.45, 7) is 10.7. The third-order valence-corrected chi connectivity index (χ3v) is 3.25. The predicted octanol–water partition coefficient (Wildman–Crippen LogP) is 0.873. The van der Waals surface area contributed by atoms with E-state index in [1.54, 1.807) is 11.9 Å². The van der Waals surface area contributed by atoms with Crippen LogP contribution in [0, 0.1) is 5.41 Å². The molecule has 108 valence electrons. The van der Waals surface area contributed by atoms with Crippen molar-refractivity contribution in [2.24, 2.45) is 5.41 Å². The second kappa shape index (κ2) is 6.19. The van der Waals surface area contributed by atoms with E-state index in [9.17, 15) is 9.59 Å². The molecular weight excluding hydrogens is 242 g/mol. The Morgan fingerprint density at radius 3 is 2.47 bits per heavy atom. The van der Waals surface area contributed by atoms with E-state index in [1.807, 2.05) is 20.8 Å². The van der Waals surface area contributed by atoms with Gasteiger partial charge in [-0.2, -0.15) is 0 Å². The van der Waals surface area contributed by atoms with Crippen molar-refractivity contribution in [2.45, 2.75) is 39.7 Å². The number of rotatable bonds is 4. The van der Waals surface area contributed by atoms with Crippen LogP contribution in [0.2, 0.25) is 0 Å². The van der Waals surface area contributed by atoms with Crippen LogP contribution in [0.4, 0.5) is 0 Å². The Morgan fingerprint density at radius 2 is 2.05 bits per heavy atom. The maximum Gasteiger partial charge on any atom is 0.249 e. The highest BCUT2D eigenvalue weighted by Gasteiger charge is 2.37. The number of amides is 2. The molecule has 5 nitrogen and oxygen atoms in total. The number of hydrogen-bond donors (Lipinski definition) is 2. The van der Waals surface area contributed by atoms with Gasteiger partial charge in [0.25, 0.3) is 0 Å². The first-order valence-electron chi connectivity index (χ1n) is 6.70. The molecule has 0 spiro atoms. The monoisotopic (exact) mass is 267 g/mol. The molecule has 2 N–H and O–H groups in total. The van der Waals surface area contributed by atoms with Crippen molar-refractivity contribution in [2.75, 3.05) is 20.1 Å². The van der Waals surface area contributed by atoms with Gasteiger partial charge in [-0.15, -0.1) is 0 Å². The Bertz CT molecular complexity index is 371. The van der Waals surface area contributed by atoms with E-state index in [0.29, 0.717) is 6.54 Å². The fraction of sp³-hybridized carbons (Fsp3) is 0.714. The molecule has 0 aliphatic carbocycles. The Kier molecular flexibility index (Phi) is 5.11. The molecule has 1 aliphatic rings. The van der Waals surface area contributed by atoms with Gasteiger partial charge in [-0.3, -0.25) is 9.59 Å². The Hall–Kier alpha value is -1.36. The van der Waals surface area contributed by atoms with Gasteiger partial charge in [-0.1, -0.05) is 27.4 Å². The first-order valence-corrected chi connectivity index (χ1v) is 6.70. The molecule has 1 atom stereocenters. The van der Waals surface area contributed by atoms with Crippen LogP contribution < -0.4 is 10.6 Å². The molecule has 1 rings (SSSR count). The van der Waals surface area contributed by atoms with Crippen LogP contribution in [0.5, 0.6) is 0 Å². The number of likely N-dealkylation sites (N-methyl/N-ethyl adjacent to an activating group) is 1. The number of carbonyl (C=O) groups is 2. The lowest BCUT2D eigenvalue weighted by Crippen LogP contribution is -2.55. The van der Waals surface area contributed by atoms with E-state index in [4.69, 9.17) is 0 Å². The molecule has 1 saturated heterocycles. The zero-order valence-corrected chi connectivity index (χ0v) is 12.4. The fourth-order valence-corrected chi connectivity index (χ4v) is 2.18. The predicted molar refractivity (Wildman–Crippen MR) is 75.4 cm³/mol. The highest BCUT2D eigenvalue weighted by Crippen LogP contribution is 2.26. The molecule has 2 amide bonds. The molecular formula is C14H25N3O2. The van der Waals surface area contributed by atoms with Gasteiger partial charge in [-0.05, 0) is 25.3 Å². The Labute approximate surface area is 115 Å². The number of nitrogens with zero attached hydrogens (tertiary/aromatic N) is 1. The summed E-state index contributed by atoms with van der Waals surface area (Å²) in [7, 11) is 1.70. The number of carbonyl (C=O) groups excluding carboxylic acids is 2. The summed E-state index contributed by atoms with van der Waals surface area (Å²) in [4.78, 5) is 26.0. The summed E-state index contributed by atoms with van der Waals surface area (Å²) in [5.41, 5.74) is 0.519. The first-order chi connectivity index (χ1) is 8.77. The average Bonchev–Trinajstić information content (AvgIpc) is 2.70. The maximum atomic E-state index is 12.6. The van der Waals surface area contributed by atoms with E-state index in [2.05, 4.69) is 17.2 Å². The van der Waals surface area contributed by atoms with Crippen LogP contribution in [0.3, 0.4) is 0 Å². The SMILES string of the molecule is C=C1CCCN1C(=O)[C@@H](NC(=O)CNC)C(C)(C)C. The van der Waals surface area contributed by atoms with Crippen molar-refractivity contribution in [1.29, 1.82) is 0 Å². The number of hydrogen-bond acceptors (Lipinski definition) is 3. The topological polar surface area (TPSA) is 61.4 Å². The molecule has 0 unspecified atom stereocenters. The summed E-state index contributed by atoms with van der Waals surface area (Å²) in [6, 6.07) is -0.525. The van der Waals surface area contributed by atoms with Gasteiger partial charge in [0.15, 0.2) is 0 Å². The zero-order chi connectivity index (χ0) is 14.6. The maximum absolute atomic E-state index is 12.6. The van der Waals surface area contributed by atoms with E-state index in [1.165, 1.54) is 0 Å². The van der Waals surface area contributed by atoms with E-state index in [0.717, 1.165) is 18.5 Å². The lowest BCUT2D eigenvalue weighted by Gasteiger charge is -2.33. The highest BCUT2D eigenvalue weighted by molar-refractivity contribution is 5.90. The number of allylic oxidation sites excluding steroid dienone is 1. The van der Waals surface area contributed by atoms with Crippen LogP contribution in [-0.4, -0.2) is 42.9 Å². The molecule has 0 aromatic carbocycles. The summed E-state index contributed by atoms with van der Waals surface area (Å²) >= 11 is 0. The summed E-state index contributed by atoms with van der Waals surface area (Å²) in [5, 5.41) is 5.61. The molecule has 0 aromatic heterocycles. The van der Waals surface area contributed by atoms with E-state index in [-0.39, 0.29) is 23.8 Å². The van der Waals surface area contributed by atoms with Crippen molar-refractivity contribution in [3.8, 4) is 0 Å². The molecule has 1 heterocycles. The average molecular weight is 267 g/mol. The van der Waals surface area contributed by atoms with Crippen molar-refractivity contribution in [3.63, 3.8) is 0 Å². The molecule has 0 bridgehead atoms. The van der Waals surface area contributed by atoms with Crippen LogP contribution >= 0.6 is 0 Å². The van der Waals surface area contributed by atoms with Crippen molar-refractivity contribution in [3.05, 3.63) is 12.3 Å². The van der Waals surface area contributed by atoms with Gasteiger partial charge in [0.2, 0.25) is 11.8 Å². The van der Waals surface area contributed by atoms with Crippen LogP contribution in [-0.2, 0) is 9.59 Å². The molecule has 0 radical (unpaired) electrons. The molecule has 5 heteroatoms. The smallest absolute Gasteiger partial charge is 0.249 e. The van der Waals surface area contributed by atoms with Crippen molar-refractivity contribution >= 4 is 11.8 Å². The van der Waals surface area contributed by atoms with Crippen LogP contribution in [0.15, 0.2) is 12.3 Å². The third kappa shape index (κ3) is 4.06. The minimum absolute atomic E-state index is 0.0561. The molecule has 1 aliphatic heterocycles. The molecule has 0 saturated carbocycles. The van der Waals surface area contributed by atoms with E-state index >= 15 is 0 Å². The van der Waals surface area contributed by atoms with Gasteiger partial charge >= 0.3 is 0 Å².